The van der Waals surface area contributed by atoms with E-state index in [4.69, 9.17) is 5.11 Å². The Bertz CT molecular complexity index is 172. The van der Waals surface area contributed by atoms with Crippen molar-refractivity contribution < 1.29 is 5.11 Å². The third-order valence-corrected chi connectivity index (χ3v) is 3.95. The molecule has 0 aromatic carbocycles. The van der Waals surface area contributed by atoms with E-state index >= 15 is 0 Å². The van der Waals surface area contributed by atoms with Crippen molar-refractivity contribution in [3.05, 3.63) is 0 Å². The first kappa shape index (κ1) is 14.0. The second kappa shape index (κ2) is 8.08. The highest BCUT2D eigenvalue weighted by atomic mass is 16.2. The van der Waals surface area contributed by atoms with Crippen LogP contribution in [0.15, 0.2) is 0 Å². The highest BCUT2D eigenvalue weighted by molar-refractivity contribution is 4.76. The summed E-state index contributed by atoms with van der Waals surface area (Å²) in [5.41, 5.74) is 0. The van der Waals surface area contributed by atoms with Gasteiger partial charge in [-0.15, -0.1) is 0 Å². The maximum absolute atomic E-state index is 8.70. The average Bonchev–Trinajstić information content (AvgIpc) is 2.28. The van der Waals surface area contributed by atoms with Gasteiger partial charge < -0.3 is 10.0 Å². The molecule has 2 nitrogen and oxygen atoms in total. The molecule has 0 spiro atoms. The summed E-state index contributed by atoms with van der Waals surface area (Å²) in [4.78, 5) is 2.56. The summed E-state index contributed by atoms with van der Waals surface area (Å²) >= 11 is 0. The van der Waals surface area contributed by atoms with Gasteiger partial charge in [-0.2, -0.15) is 0 Å². The third-order valence-electron chi connectivity index (χ3n) is 3.95. The summed E-state index contributed by atoms with van der Waals surface area (Å²) in [6.45, 7) is 3.99. The average molecular weight is 227 g/mol. The molecule has 2 atom stereocenters. The molecule has 0 heterocycles. The monoisotopic (exact) mass is 227 g/mol. The minimum absolute atomic E-state index is 0.357. The lowest BCUT2D eigenvalue weighted by Crippen LogP contribution is -2.36. The van der Waals surface area contributed by atoms with Crippen molar-refractivity contribution in [1.29, 1.82) is 0 Å². The van der Waals surface area contributed by atoms with Gasteiger partial charge >= 0.3 is 0 Å². The number of rotatable bonds is 7. The third kappa shape index (κ3) is 5.31. The second-order valence-corrected chi connectivity index (χ2v) is 5.54. The molecule has 1 aliphatic carbocycles. The molecule has 2 heteroatoms. The van der Waals surface area contributed by atoms with Gasteiger partial charge in [0.15, 0.2) is 0 Å². The van der Waals surface area contributed by atoms with Crippen LogP contribution in [0, 0.1) is 5.92 Å². The molecule has 2 unspecified atom stereocenters. The molecule has 1 saturated carbocycles. The number of hydrogen-bond donors (Lipinski definition) is 1. The standard InChI is InChI=1S/C14H29NO/c1-13-8-7-9-14(12-13)15(2)10-5-3-4-6-11-16/h13-14,16H,3-12H2,1-2H3. The zero-order chi connectivity index (χ0) is 11.8. The van der Waals surface area contributed by atoms with E-state index in [2.05, 4.69) is 18.9 Å². The van der Waals surface area contributed by atoms with E-state index in [0.29, 0.717) is 6.61 Å². The van der Waals surface area contributed by atoms with E-state index in [1.54, 1.807) is 0 Å². The van der Waals surface area contributed by atoms with Gasteiger partial charge in [0.05, 0.1) is 0 Å². The summed E-state index contributed by atoms with van der Waals surface area (Å²) in [5.74, 6) is 0.926. The van der Waals surface area contributed by atoms with E-state index in [0.717, 1.165) is 18.4 Å². The molecule has 0 aliphatic heterocycles. The van der Waals surface area contributed by atoms with Crippen LogP contribution in [0.2, 0.25) is 0 Å². The van der Waals surface area contributed by atoms with Gasteiger partial charge in [-0.3, -0.25) is 0 Å². The number of hydrogen-bond acceptors (Lipinski definition) is 2. The van der Waals surface area contributed by atoms with Crippen LogP contribution in [0.1, 0.15) is 58.3 Å². The van der Waals surface area contributed by atoms with Crippen molar-refractivity contribution in [2.75, 3.05) is 20.2 Å². The van der Waals surface area contributed by atoms with Crippen molar-refractivity contribution in [2.24, 2.45) is 5.92 Å². The number of unbranched alkanes of at least 4 members (excludes halogenated alkanes) is 3. The van der Waals surface area contributed by atoms with E-state index in [1.165, 1.54) is 51.5 Å². The van der Waals surface area contributed by atoms with Crippen molar-refractivity contribution >= 4 is 0 Å². The summed E-state index contributed by atoms with van der Waals surface area (Å²) in [5, 5.41) is 8.70. The summed E-state index contributed by atoms with van der Waals surface area (Å²) in [6.07, 6.45) is 10.4. The Morgan fingerprint density at radius 3 is 2.56 bits per heavy atom. The van der Waals surface area contributed by atoms with Crippen LogP contribution in [0.4, 0.5) is 0 Å². The van der Waals surface area contributed by atoms with Crippen molar-refractivity contribution in [3.8, 4) is 0 Å². The van der Waals surface area contributed by atoms with Gasteiger partial charge in [0, 0.05) is 12.6 Å². The fourth-order valence-electron chi connectivity index (χ4n) is 2.81. The minimum atomic E-state index is 0.357. The lowest BCUT2D eigenvalue weighted by molar-refractivity contribution is 0.161. The lowest BCUT2D eigenvalue weighted by Gasteiger charge is -2.34. The first-order valence-electron chi connectivity index (χ1n) is 7.05. The molecule has 1 rings (SSSR count). The molecule has 96 valence electrons. The minimum Gasteiger partial charge on any atom is -0.396 e. The van der Waals surface area contributed by atoms with Crippen LogP contribution >= 0.6 is 0 Å². The zero-order valence-corrected chi connectivity index (χ0v) is 11.1. The Morgan fingerprint density at radius 2 is 1.88 bits per heavy atom. The normalized spacial score (nSPS) is 26.2. The van der Waals surface area contributed by atoms with Gasteiger partial charge in [0.25, 0.3) is 0 Å². The molecule has 1 aliphatic rings. The molecule has 16 heavy (non-hydrogen) atoms. The van der Waals surface area contributed by atoms with Crippen molar-refractivity contribution in [3.63, 3.8) is 0 Å². The van der Waals surface area contributed by atoms with Gasteiger partial charge in [-0.1, -0.05) is 32.6 Å². The maximum atomic E-state index is 8.70. The topological polar surface area (TPSA) is 23.5 Å². The number of aliphatic hydroxyl groups excluding tert-OH is 1. The zero-order valence-electron chi connectivity index (χ0n) is 11.1. The lowest BCUT2D eigenvalue weighted by atomic mass is 9.86. The quantitative estimate of drug-likeness (QED) is 0.676. The highest BCUT2D eigenvalue weighted by Crippen LogP contribution is 2.26. The van der Waals surface area contributed by atoms with Crippen LogP contribution in [0.5, 0.6) is 0 Å². The fourth-order valence-corrected chi connectivity index (χ4v) is 2.81. The molecule has 0 saturated heterocycles. The Balaban J connectivity index is 2.06. The molecular formula is C14H29NO. The van der Waals surface area contributed by atoms with Crippen molar-refractivity contribution in [1.82, 2.24) is 4.90 Å². The van der Waals surface area contributed by atoms with E-state index in [-0.39, 0.29) is 0 Å². The first-order chi connectivity index (χ1) is 7.74. The number of nitrogens with zero attached hydrogens (tertiary/aromatic N) is 1. The Kier molecular flexibility index (Phi) is 7.06. The second-order valence-electron chi connectivity index (χ2n) is 5.54. The van der Waals surface area contributed by atoms with Crippen LogP contribution < -0.4 is 0 Å². The van der Waals surface area contributed by atoms with Gasteiger partial charge in [-0.25, -0.2) is 0 Å². The summed E-state index contributed by atoms with van der Waals surface area (Å²) in [7, 11) is 2.29. The van der Waals surface area contributed by atoms with Gasteiger partial charge in [0.1, 0.15) is 0 Å². The highest BCUT2D eigenvalue weighted by Gasteiger charge is 2.21. The SMILES string of the molecule is CC1CCCC(N(C)CCCCCCO)C1. The summed E-state index contributed by atoms with van der Waals surface area (Å²) < 4.78 is 0. The molecule has 0 aromatic heterocycles. The van der Waals surface area contributed by atoms with Crippen LogP contribution in [0.25, 0.3) is 0 Å². The maximum Gasteiger partial charge on any atom is 0.0431 e. The molecule has 0 radical (unpaired) electrons. The first-order valence-corrected chi connectivity index (χ1v) is 7.05. The molecule has 1 fully saturated rings. The molecule has 0 aromatic rings. The van der Waals surface area contributed by atoms with Crippen LogP contribution in [0.3, 0.4) is 0 Å². The van der Waals surface area contributed by atoms with Gasteiger partial charge in [-0.05, 0) is 45.2 Å². The number of aliphatic hydroxyl groups is 1. The molecule has 0 amide bonds. The Hall–Kier alpha value is -0.0800. The Morgan fingerprint density at radius 1 is 1.12 bits per heavy atom. The van der Waals surface area contributed by atoms with E-state index in [1.807, 2.05) is 0 Å². The predicted octanol–water partition coefficient (Wildman–Crippen LogP) is 3.05. The van der Waals surface area contributed by atoms with E-state index in [9.17, 15) is 0 Å². The van der Waals surface area contributed by atoms with E-state index < -0.39 is 0 Å². The van der Waals surface area contributed by atoms with Gasteiger partial charge in [0.2, 0.25) is 0 Å². The largest absolute Gasteiger partial charge is 0.396 e. The molecule has 0 bridgehead atoms. The smallest absolute Gasteiger partial charge is 0.0431 e. The fraction of sp³-hybridized carbons (Fsp3) is 1.00. The predicted molar refractivity (Wildman–Crippen MR) is 69.6 cm³/mol. The van der Waals surface area contributed by atoms with Crippen molar-refractivity contribution in [2.45, 2.75) is 64.3 Å². The van der Waals surface area contributed by atoms with Crippen LogP contribution in [-0.2, 0) is 0 Å². The molecular weight excluding hydrogens is 198 g/mol. The van der Waals surface area contributed by atoms with Crippen LogP contribution in [-0.4, -0.2) is 36.2 Å². The molecule has 1 N–H and O–H groups in total. The summed E-state index contributed by atoms with van der Waals surface area (Å²) in [6, 6.07) is 0.835. The Labute approximate surface area is 101 Å².